The van der Waals surface area contributed by atoms with E-state index < -0.39 is 0 Å². The van der Waals surface area contributed by atoms with Crippen LogP contribution in [0.1, 0.15) is 5.56 Å². The van der Waals surface area contributed by atoms with Crippen LogP contribution >= 0.6 is 0 Å². The minimum absolute atomic E-state index is 0.261. The van der Waals surface area contributed by atoms with Crippen LogP contribution in [0.25, 0.3) is 33.3 Å². The number of aromatic nitrogens is 2. The summed E-state index contributed by atoms with van der Waals surface area (Å²) in [5.74, 6) is 0.524. The summed E-state index contributed by atoms with van der Waals surface area (Å²) >= 11 is 0. The Bertz CT molecular complexity index is 1070. The summed E-state index contributed by atoms with van der Waals surface area (Å²) in [6.45, 7) is 2.12. The van der Waals surface area contributed by atoms with E-state index in [1.807, 2.05) is 18.2 Å². The molecule has 0 unspecified atom stereocenters. The number of anilines is 2. The van der Waals surface area contributed by atoms with E-state index in [1.54, 1.807) is 0 Å². The first kappa shape index (κ1) is 15.1. The number of nitrogen functional groups attached to an aromatic ring is 2. The quantitative estimate of drug-likeness (QED) is 0.571. The van der Waals surface area contributed by atoms with Gasteiger partial charge in [-0.25, -0.2) is 9.97 Å². The van der Waals surface area contributed by atoms with E-state index >= 15 is 0 Å². The molecule has 4 rings (SSSR count). The second-order valence-electron chi connectivity index (χ2n) is 6.06. The lowest BCUT2D eigenvalue weighted by Gasteiger charge is -2.10. The third kappa shape index (κ3) is 2.68. The van der Waals surface area contributed by atoms with Crippen molar-refractivity contribution >= 4 is 22.7 Å². The molecule has 3 aromatic carbocycles. The Kier molecular flexibility index (Phi) is 3.58. The van der Waals surface area contributed by atoms with Crippen molar-refractivity contribution in [2.45, 2.75) is 6.92 Å². The molecule has 4 N–H and O–H groups in total. The summed E-state index contributed by atoms with van der Waals surface area (Å²) in [6.07, 6.45) is 0. The summed E-state index contributed by atoms with van der Waals surface area (Å²) in [5, 5.41) is 0. The fourth-order valence-electron chi connectivity index (χ4n) is 3.06. The largest absolute Gasteiger partial charge is 0.381 e. The van der Waals surface area contributed by atoms with Crippen LogP contribution in [-0.4, -0.2) is 9.97 Å². The van der Waals surface area contributed by atoms with Gasteiger partial charge in [0.15, 0.2) is 11.6 Å². The Morgan fingerprint density at radius 3 is 1.96 bits per heavy atom. The van der Waals surface area contributed by atoms with Gasteiger partial charge in [0.05, 0.1) is 11.0 Å². The molecule has 4 aromatic rings. The van der Waals surface area contributed by atoms with Crippen molar-refractivity contribution in [3.8, 4) is 22.3 Å². The molecule has 0 bridgehead atoms. The number of nitrogens with zero attached hydrogens (tertiary/aromatic N) is 2. The number of rotatable bonds is 2. The molecule has 25 heavy (non-hydrogen) atoms. The lowest BCUT2D eigenvalue weighted by Crippen LogP contribution is -2.01. The van der Waals surface area contributed by atoms with Crippen LogP contribution in [0.5, 0.6) is 0 Å². The van der Waals surface area contributed by atoms with Crippen molar-refractivity contribution < 1.29 is 0 Å². The number of fused-ring (bicyclic) bond motifs is 1. The van der Waals surface area contributed by atoms with Gasteiger partial charge in [-0.05, 0) is 35.2 Å². The molecule has 0 saturated heterocycles. The van der Waals surface area contributed by atoms with Gasteiger partial charge in [0.25, 0.3) is 0 Å². The Hall–Kier alpha value is -3.40. The predicted molar refractivity (Wildman–Crippen MR) is 104 cm³/mol. The van der Waals surface area contributed by atoms with E-state index in [4.69, 9.17) is 11.5 Å². The molecule has 0 fully saturated rings. The molecule has 4 nitrogen and oxygen atoms in total. The molecule has 0 atom stereocenters. The highest BCUT2D eigenvalue weighted by Crippen LogP contribution is 2.31. The molecule has 0 saturated carbocycles. The molecule has 0 aliphatic rings. The van der Waals surface area contributed by atoms with Crippen LogP contribution in [0.4, 0.5) is 11.6 Å². The van der Waals surface area contributed by atoms with Crippen molar-refractivity contribution in [2.24, 2.45) is 0 Å². The fraction of sp³-hybridized carbons (Fsp3) is 0.0476. The van der Waals surface area contributed by atoms with Crippen molar-refractivity contribution in [1.82, 2.24) is 9.97 Å². The zero-order chi connectivity index (χ0) is 17.4. The average Bonchev–Trinajstić information content (AvgIpc) is 2.63. The van der Waals surface area contributed by atoms with Crippen molar-refractivity contribution in [1.29, 1.82) is 0 Å². The van der Waals surface area contributed by atoms with E-state index in [0.29, 0.717) is 0 Å². The summed E-state index contributed by atoms with van der Waals surface area (Å²) in [7, 11) is 0. The van der Waals surface area contributed by atoms with Crippen molar-refractivity contribution in [3.05, 3.63) is 72.3 Å². The van der Waals surface area contributed by atoms with Gasteiger partial charge in [0.2, 0.25) is 0 Å². The number of aryl methyl sites for hydroxylation is 1. The summed E-state index contributed by atoms with van der Waals surface area (Å²) < 4.78 is 0. The van der Waals surface area contributed by atoms with E-state index in [1.165, 1.54) is 16.7 Å². The van der Waals surface area contributed by atoms with E-state index in [-0.39, 0.29) is 11.6 Å². The van der Waals surface area contributed by atoms with Crippen LogP contribution in [0, 0.1) is 6.92 Å². The van der Waals surface area contributed by atoms with Crippen molar-refractivity contribution in [2.75, 3.05) is 11.5 Å². The maximum Gasteiger partial charge on any atom is 0.166 e. The minimum atomic E-state index is 0.261. The highest BCUT2D eigenvalue weighted by atomic mass is 15.0. The topological polar surface area (TPSA) is 77.8 Å². The van der Waals surface area contributed by atoms with Crippen LogP contribution in [0.3, 0.4) is 0 Å². The van der Waals surface area contributed by atoms with E-state index in [0.717, 1.165) is 22.2 Å². The lowest BCUT2D eigenvalue weighted by molar-refractivity contribution is 1.31. The number of hydrogen-bond donors (Lipinski definition) is 2. The molecular weight excluding hydrogens is 308 g/mol. The van der Waals surface area contributed by atoms with Gasteiger partial charge in [0, 0.05) is 5.56 Å². The molecular formula is C21H18N4. The van der Waals surface area contributed by atoms with Crippen LogP contribution in [0.2, 0.25) is 0 Å². The first-order valence-electron chi connectivity index (χ1n) is 8.11. The average molecular weight is 326 g/mol. The molecule has 0 aliphatic carbocycles. The predicted octanol–water partition coefficient (Wildman–Crippen LogP) is 4.44. The molecule has 1 heterocycles. The third-order valence-electron chi connectivity index (χ3n) is 4.40. The van der Waals surface area contributed by atoms with Gasteiger partial charge in [-0.15, -0.1) is 0 Å². The van der Waals surface area contributed by atoms with Gasteiger partial charge in [-0.3, -0.25) is 0 Å². The Morgan fingerprint density at radius 2 is 1.24 bits per heavy atom. The third-order valence-corrected chi connectivity index (χ3v) is 4.40. The second-order valence-corrected chi connectivity index (χ2v) is 6.06. The first-order valence-corrected chi connectivity index (χ1v) is 8.11. The second kappa shape index (κ2) is 5.91. The van der Waals surface area contributed by atoms with Gasteiger partial charge in [-0.2, -0.15) is 0 Å². The summed E-state index contributed by atoms with van der Waals surface area (Å²) in [4.78, 5) is 8.76. The Morgan fingerprint density at radius 1 is 0.640 bits per heavy atom. The summed E-state index contributed by atoms with van der Waals surface area (Å²) in [6, 6.07) is 22.7. The summed E-state index contributed by atoms with van der Waals surface area (Å²) in [5.41, 5.74) is 18.9. The number of benzene rings is 3. The van der Waals surface area contributed by atoms with Gasteiger partial charge < -0.3 is 11.5 Å². The molecule has 0 radical (unpaired) electrons. The fourth-order valence-corrected chi connectivity index (χ4v) is 3.06. The maximum absolute atomic E-state index is 5.85. The highest BCUT2D eigenvalue weighted by Gasteiger charge is 2.09. The Balaban J connectivity index is 1.82. The molecule has 122 valence electrons. The maximum atomic E-state index is 5.85. The monoisotopic (exact) mass is 326 g/mol. The zero-order valence-corrected chi connectivity index (χ0v) is 13.9. The zero-order valence-electron chi connectivity index (χ0n) is 13.9. The van der Waals surface area contributed by atoms with Gasteiger partial charge >= 0.3 is 0 Å². The van der Waals surface area contributed by atoms with Crippen molar-refractivity contribution in [3.63, 3.8) is 0 Å². The normalized spacial score (nSPS) is 10.9. The number of nitrogens with two attached hydrogens (primary N) is 2. The van der Waals surface area contributed by atoms with Gasteiger partial charge in [0.1, 0.15) is 0 Å². The van der Waals surface area contributed by atoms with Crippen LogP contribution in [-0.2, 0) is 0 Å². The molecule has 0 spiro atoms. The van der Waals surface area contributed by atoms with Gasteiger partial charge in [-0.1, -0.05) is 60.7 Å². The molecule has 0 aliphatic heterocycles. The smallest absolute Gasteiger partial charge is 0.166 e. The molecule has 0 amide bonds. The Labute approximate surface area is 146 Å². The number of para-hydroxylation sites is 1. The lowest BCUT2D eigenvalue weighted by atomic mass is 9.97. The SMILES string of the molecule is Cc1ccccc1-c1ccc(-c2cccc3nc(N)c(N)nc23)cc1. The highest BCUT2D eigenvalue weighted by molar-refractivity contribution is 5.93. The minimum Gasteiger partial charge on any atom is -0.381 e. The van der Waals surface area contributed by atoms with E-state index in [2.05, 4.69) is 65.4 Å². The molecule has 1 aromatic heterocycles. The van der Waals surface area contributed by atoms with E-state index in [9.17, 15) is 0 Å². The molecule has 4 heteroatoms. The first-order chi connectivity index (χ1) is 12.1. The number of hydrogen-bond acceptors (Lipinski definition) is 4. The van der Waals surface area contributed by atoms with Crippen LogP contribution < -0.4 is 11.5 Å². The standard InChI is InChI=1S/C21H18N4/c1-13-5-2-3-6-16(13)14-9-11-15(12-10-14)17-7-4-8-18-19(17)25-21(23)20(22)24-18/h2-12H,1H3,(H2,22,24)(H2,23,25). The van der Waals surface area contributed by atoms with Crippen LogP contribution in [0.15, 0.2) is 66.7 Å².